The number of alkyl halides is 3. The highest BCUT2D eigenvalue weighted by atomic mass is 32.2. The zero-order valence-electron chi connectivity index (χ0n) is 24.3. The van der Waals surface area contributed by atoms with Gasteiger partial charge in [-0.1, -0.05) is 19.4 Å². The number of aromatic nitrogens is 5. The Hall–Kier alpha value is -3.82. The number of nitrogens with zero attached hydrogens (tertiary/aromatic N) is 7. The van der Waals surface area contributed by atoms with Crippen LogP contribution in [0.15, 0.2) is 41.6 Å². The van der Waals surface area contributed by atoms with E-state index in [1.165, 1.54) is 18.3 Å². The zero-order chi connectivity index (χ0) is 31.8. The number of carbonyl (C=O) groups is 1. The maximum Gasteiger partial charge on any atom is 0.452 e. The van der Waals surface area contributed by atoms with Gasteiger partial charge in [-0.25, -0.2) is 9.37 Å². The van der Waals surface area contributed by atoms with Gasteiger partial charge in [0.05, 0.1) is 42.8 Å². The Balaban J connectivity index is 1.50. The molecule has 1 aliphatic heterocycles. The van der Waals surface area contributed by atoms with E-state index in [1.54, 1.807) is 23.4 Å². The van der Waals surface area contributed by atoms with Crippen molar-refractivity contribution in [3.05, 3.63) is 76.4 Å². The molecule has 0 bridgehead atoms. The van der Waals surface area contributed by atoms with Crippen LogP contribution < -0.4 is 4.90 Å². The predicted molar refractivity (Wildman–Crippen MR) is 154 cm³/mol. The fraction of sp³-hybridized carbons (Fsp3) is 0.414. The highest BCUT2D eigenvalue weighted by Crippen LogP contribution is 2.35. The molecule has 0 radical (unpaired) electrons. The highest BCUT2D eigenvalue weighted by Gasteiger charge is 2.38. The van der Waals surface area contributed by atoms with Gasteiger partial charge in [-0.3, -0.25) is 14.2 Å². The SMILES string of the molecule is CCCCN1CCN(Cc2nc(C(CC(=O)O)c3ccn4c(C(F)(F)F)nnc4c3C)ccc2C)[S+]([O-])c2cc(F)cnc21. The molecular weight excluding hydrogens is 602 g/mol. The van der Waals surface area contributed by atoms with Crippen molar-refractivity contribution in [1.82, 2.24) is 28.9 Å². The Morgan fingerprint density at radius 1 is 1.18 bits per heavy atom. The largest absolute Gasteiger partial charge is 0.593 e. The summed E-state index contributed by atoms with van der Waals surface area (Å²) in [6.45, 7) is 7.15. The molecule has 0 saturated carbocycles. The lowest BCUT2D eigenvalue weighted by Crippen LogP contribution is -2.35. The maximum absolute atomic E-state index is 14.2. The van der Waals surface area contributed by atoms with Crippen molar-refractivity contribution in [2.24, 2.45) is 0 Å². The Morgan fingerprint density at radius 2 is 1.95 bits per heavy atom. The van der Waals surface area contributed by atoms with Crippen molar-refractivity contribution < 1.29 is 32.0 Å². The summed E-state index contributed by atoms with van der Waals surface area (Å²) in [6, 6.07) is 6.13. The molecule has 1 N–H and O–H groups in total. The van der Waals surface area contributed by atoms with Crippen LogP contribution in [0.5, 0.6) is 0 Å². The van der Waals surface area contributed by atoms with Gasteiger partial charge in [0.1, 0.15) is 5.82 Å². The number of aryl methyl sites for hydroxylation is 2. The predicted octanol–water partition coefficient (Wildman–Crippen LogP) is 5.05. The summed E-state index contributed by atoms with van der Waals surface area (Å²) in [5.74, 6) is -3.23. The van der Waals surface area contributed by atoms with Crippen LogP contribution in [-0.4, -0.2) is 64.1 Å². The fourth-order valence-electron chi connectivity index (χ4n) is 5.37. The van der Waals surface area contributed by atoms with E-state index in [-0.39, 0.29) is 23.5 Å². The molecular formula is C29H31F4N7O3S. The van der Waals surface area contributed by atoms with Crippen LogP contribution in [-0.2, 0) is 28.9 Å². The monoisotopic (exact) mass is 633 g/mol. The zero-order valence-corrected chi connectivity index (χ0v) is 25.1. The molecule has 0 aliphatic carbocycles. The second-order valence-electron chi connectivity index (χ2n) is 10.7. The second-order valence-corrected chi connectivity index (χ2v) is 12.1. The summed E-state index contributed by atoms with van der Waals surface area (Å²) in [6.07, 6.45) is -0.974. The highest BCUT2D eigenvalue weighted by molar-refractivity contribution is 7.89. The van der Waals surface area contributed by atoms with Gasteiger partial charge in [-0.15, -0.1) is 14.5 Å². The third kappa shape index (κ3) is 6.35. The van der Waals surface area contributed by atoms with E-state index in [0.717, 1.165) is 29.0 Å². The number of aliphatic carboxylic acids is 1. The molecule has 2 atom stereocenters. The summed E-state index contributed by atoms with van der Waals surface area (Å²) < 4.78 is 70.8. The number of hydrogen-bond acceptors (Lipinski definition) is 8. The summed E-state index contributed by atoms with van der Waals surface area (Å²) in [7, 11) is 0. The number of rotatable bonds is 9. The number of hydrogen-bond donors (Lipinski definition) is 1. The van der Waals surface area contributed by atoms with E-state index >= 15 is 0 Å². The van der Waals surface area contributed by atoms with Crippen molar-refractivity contribution >= 4 is 28.8 Å². The lowest BCUT2D eigenvalue weighted by atomic mass is 9.89. The standard InChI is InChI=1S/C29H31F4N7O3S/c1-4-5-9-38-11-12-39(44(43)24-13-19(30)15-34-27(24)38)16-23-17(2)6-7-22(35-23)21(14-25(41)42)20-8-10-40-26(18(20)3)36-37-28(40)29(31,32)33/h6-8,10,13,15,21H,4-5,9,11-12,14,16H2,1-3H3,(H,41,42). The van der Waals surface area contributed by atoms with Crippen molar-refractivity contribution in [1.29, 1.82) is 0 Å². The maximum atomic E-state index is 14.2. The average Bonchev–Trinajstić information content (AvgIpc) is 3.38. The van der Waals surface area contributed by atoms with Crippen LogP contribution >= 0.6 is 0 Å². The Morgan fingerprint density at radius 3 is 2.66 bits per heavy atom. The van der Waals surface area contributed by atoms with Gasteiger partial charge in [-0.2, -0.15) is 13.2 Å². The Bertz CT molecular complexity index is 1680. The van der Waals surface area contributed by atoms with Gasteiger partial charge in [-0.05, 0) is 49.1 Å². The van der Waals surface area contributed by atoms with Gasteiger partial charge in [0.25, 0.3) is 0 Å². The molecule has 234 valence electrons. The van der Waals surface area contributed by atoms with Crippen molar-refractivity contribution in [3.63, 3.8) is 0 Å². The number of unbranched alkanes of at least 4 members (excludes halogenated alkanes) is 1. The molecule has 15 heteroatoms. The van der Waals surface area contributed by atoms with Crippen LogP contribution in [0.1, 0.15) is 66.0 Å². The average molecular weight is 634 g/mol. The van der Waals surface area contributed by atoms with Crippen molar-refractivity contribution in [2.45, 2.75) is 63.6 Å². The summed E-state index contributed by atoms with van der Waals surface area (Å²) in [5.41, 5.74) is 2.45. The molecule has 0 amide bonds. The summed E-state index contributed by atoms with van der Waals surface area (Å²) in [5, 5.41) is 16.8. The van der Waals surface area contributed by atoms with E-state index in [1.807, 2.05) is 11.8 Å². The number of carboxylic acid groups (broad SMARTS) is 1. The molecule has 44 heavy (non-hydrogen) atoms. The molecule has 0 saturated heterocycles. The van der Waals surface area contributed by atoms with Crippen LogP contribution in [0.2, 0.25) is 0 Å². The Labute approximate surface area is 254 Å². The lowest BCUT2D eigenvalue weighted by Gasteiger charge is -2.23. The van der Waals surface area contributed by atoms with E-state index in [4.69, 9.17) is 4.98 Å². The van der Waals surface area contributed by atoms with Crippen LogP contribution in [0.25, 0.3) is 5.65 Å². The van der Waals surface area contributed by atoms with Gasteiger partial charge in [0.15, 0.2) is 11.5 Å². The molecule has 0 fully saturated rings. The first kappa shape index (κ1) is 31.6. The first-order chi connectivity index (χ1) is 20.9. The number of halogens is 4. The van der Waals surface area contributed by atoms with E-state index in [9.17, 15) is 32.0 Å². The molecule has 1 aliphatic rings. The normalized spacial score (nSPS) is 16.6. The van der Waals surface area contributed by atoms with Crippen LogP contribution in [0.3, 0.4) is 0 Å². The minimum absolute atomic E-state index is 0.0374. The molecule has 10 nitrogen and oxygen atoms in total. The second kappa shape index (κ2) is 12.7. The molecule has 0 aromatic carbocycles. The van der Waals surface area contributed by atoms with Gasteiger partial charge in [0.2, 0.25) is 10.7 Å². The number of pyridine rings is 3. The number of carboxylic acids is 1. The van der Waals surface area contributed by atoms with Crippen molar-refractivity contribution in [3.8, 4) is 0 Å². The molecule has 4 aromatic heterocycles. The topological polar surface area (TPSA) is 123 Å². The fourth-order valence-corrected chi connectivity index (χ4v) is 6.69. The molecule has 2 unspecified atom stereocenters. The first-order valence-corrected chi connectivity index (χ1v) is 15.2. The van der Waals surface area contributed by atoms with E-state index in [0.29, 0.717) is 48.0 Å². The van der Waals surface area contributed by atoms with Gasteiger partial charge >= 0.3 is 12.1 Å². The van der Waals surface area contributed by atoms with Gasteiger partial charge < -0.3 is 14.6 Å². The van der Waals surface area contributed by atoms with E-state index < -0.39 is 41.1 Å². The van der Waals surface area contributed by atoms with Crippen molar-refractivity contribution in [2.75, 3.05) is 24.5 Å². The van der Waals surface area contributed by atoms with Gasteiger partial charge in [0, 0.05) is 37.0 Å². The molecule has 4 aromatic rings. The summed E-state index contributed by atoms with van der Waals surface area (Å²) in [4.78, 5) is 23.3. The van der Waals surface area contributed by atoms with E-state index in [2.05, 4.69) is 22.1 Å². The lowest BCUT2D eigenvalue weighted by molar-refractivity contribution is -0.145. The minimum atomic E-state index is -4.72. The minimum Gasteiger partial charge on any atom is -0.593 e. The first-order valence-electron chi connectivity index (χ1n) is 14.1. The smallest absolute Gasteiger partial charge is 0.452 e. The molecule has 5 heterocycles. The Kier molecular flexibility index (Phi) is 9.09. The number of anilines is 1. The summed E-state index contributed by atoms with van der Waals surface area (Å²) >= 11 is -1.76. The van der Waals surface area contributed by atoms with Crippen LogP contribution in [0, 0.1) is 19.7 Å². The number of fused-ring (bicyclic) bond motifs is 2. The van der Waals surface area contributed by atoms with Crippen LogP contribution in [0.4, 0.5) is 23.4 Å². The molecule has 5 rings (SSSR count). The third-order valence-electron chi connectivity index (χ3n) is 7.70. The molecule has 0 spiro atoms. The quantitative estimate of drug-likeness (QED) is 0.199. The third-order valence-corrected chi connectivity index (χ3v) is 9.16.